The van der Waals surface area contributed by atoms with Gasteiger partial charge in [-0.15, -0.1) is 0 Å². The summed E-state index contributed by atoms with van der Waals surface area (Å²) in [7, 11) is 4.53. The number of hydrogen-bond donors (Lipinski definition) is 3. The molecule has 5 N–H and O–H groups in total. The molecule has 4 rings (SSSR count). The zero-order chi connectivity index (χ0) is 20.9. The standard InChI is InChI=1S/C21H23N5O3/c1-27-14-9-7-13(8-10-14)17-19(11-22)18(24)26-21(28-2,29-3)20(19,12-23)15-5-4-6-16(15)25-17/h7-10,17,25H,4-6H2,1-3H3,(H2,24,26)/p+2/t17-,19+,20-/m1/s1. The van der Waals surface area contributed by atoms with Gasteiger partial charge < -0.3 is 19.5 Å². The van der Waals surface area contributed by atoms with Gasteiger partial charge in [0.1, 0.15) is 17.5 Å². The molecule has 0 saturated carbocycles. The van der Waals surface area contributed by atoms with E-state index < -0.39 is 22.8 Å². The molecule has 29 heavy (non-hydrogen) atoms. The topological polar surface area (TPSA) is 132 Å². The van der Waals surface area contributed by atoms with Crippen LogP contribution in [0.15, 0.2) is 35.5 Å². The lowest BCUT2D eigenvalue weighted by atomic mass is 9.53. The minimum Gasteiger partial charge on any atom is -0.497 e. The first-order chi connectivity index (χ1) is 14.0. The number of nitrogens with two attached hydrogens (primary N) is 2. The Bertz CT molecular complexity index is 983. The second-order valence-electron chi connectivity index (χ2n) is 7.62. The van der Waals surface area contributed by atoms with Crippen molar-refractivity contribution in [1.29, 1.82) is 10.5 Å². The third kappa shape index (κ3) is 2.09. The van der Waals surface area contributed by atoms with Crippen molar-refractivity contribution in [1.82, 2.24) is 0 Å². The minimum absolute atomic E-state index is 0.181. The number of benzene rings is 1. The molecule has 1 aliphatic carbocycles. The second-order valence-corrected chi connectivity index (χ2v) is 7.62. The SMILES string of the molecule is COc1ccc([C@H]2[NH2+]C3=C(CCC3)[C@@]3(C#N)C(OC)(OC)[NH+]=C(N)[C@]23C#N)cc1. The van der Waals surface area contributed by atoms with Crippen LogP contribution in [0, 0.1) is 33.5 Å². The van der Waals surface area contributed by atoms with Crippen molar-refractivity contribution >= 4 is 5.84 Å². The van der Waals surface area contributed by atoms with Gasteiger partial charge in [-0.2, -0.15) is 10.5 Å². The van der Waals surface area contributed by atoms with E-state index in [0.717, 1.165) is 29.7 Å². The maximum Gasteiger partial charge on any atom is 0.346 e. The Morgan fingerprint density at radius 1 is 1.10 bits per heavy atom. The molecule has 3 atom stereocenters. The maximum absolute atomic E-state index is 10.6. The lowest BCUT2D eigenvalue weighted by Crippen LogP contribution is -2.92. The zero-order valence-corrected chi connectivity index (χ0v) is 16.8. The van der Waals surface area contributed by atoms with Crippen molar-refractivity contribution in [3.05, 3.63) is 41.1 Å². The van der Waals surface area contributed by atoms with Gasteiger partial charge in [0.25, 0.3) is 5.84 Å². The highest BCUT2D eigenvalue weighted by molar-refractivity contribution is 5.90. The molecule has 0 radical (unpaired) electrons. The fraction of sp³-hybridized carbons (Fsp3) is 0.476. The summed E-state index contributed by atoms with van der Waals surface area (Å²) in [5, 5.41) is 23.3. The summed E-state index contributed by atoms with van der Waals surface area (Å²) in [5.74, 6) is -0.654. The van der Waals surface area contributed by atoms with Crippen molar-refractivity contribution in [2.45, 2.75) is 31.2 Å². The molecule has 0 spiro atoms. The molecule has 3 aliphatic rings. The van der Waals surface area contributed by atoms with E-state index in [0.29, 0.717) is 12.2 Å². The maximum atomic E-state index is 10.6. The molecule has 0 aromatic heterocycles. The van der Waals surface area contributed by atoms with Gasteiger partial charge in [0, 0.05) is 31.8 Å². The lowest BCUT2D eigenvalue weighted by Gasteiger charge is -2.46. The number of nitrogens with zero attached hydrogens (tertiary/aromatic N) is 2. The molecule has 150 valence electrons. The van der Waals surface area contributed by atoms with Gasteiger partial charge in [0.15, 0.2) is 0 Å². The molecule has 0 fully saturated rings. The molecule has 8 heteroatoms. The summed E-state index contributed by atoms with van der Waals surface area (Å²) in [4.78, 5) is 3.05. The molecule has 0 unspecified atom stereocenters. The average molecular weight is 395 g/mol. The quantitative estimate of drug-likeness (QED) is 0.570. The first kappa shape index (κ1) is 19.4. The Hall–Kier alpha value is -2.91. The van der Waals surface area contributed by atoms with E-state index >= 15 is 0 Å². The van der Waals surface area contributed by atoms with Gasteiger partial charge in [-0.1, -0.05) is 0 Å². The van der Waals surface area contributed by atoms with Crippen molar-refractivity contribution in [2.24, 2.45) is 16.6 Å². The largest absolute Gasteiger partial charge is 0.497 e. The Kier molecular flexibility index (Phi) is 4.39. The molecule has 2 aliphatic heterocycles. The van der Waals surface area contributed by atoms with Gasteiger partial charge in [-0.05, 0) is 37.1 Å². The van der Waals surface area contributed by atoms with Crippen molar-refractivity contribution < 1.29 is 24.5 Å². The molecule has 0 bridgehead atoms. The van der Waals surface area contributed by atoms with E-state index in [4.69, 9.17) is 19.9 Å². The minimum atomic E-state index is -1.55. The summed E-state index contributed by atoms with van der Waals surface area (Å²) in [6, 6.07) is 11.9. The fourth-order valence-electron chi connectivity index (χ4n) is 5.47. The second kappa shape index (κ2) is 6.57. The Balaban J connectivity index is 2.04. The Labute approximate surface area is 169 Å². The van der Waals surface area contributed by atoms with Crippen LogP contribution in [-0.4, -0.2) is 33.1 Å². The monoisotopic (exact) mass is 395 g/mol. The van der Waals surface area contributed by atoms with Crippen molar-refractivity contribution in [3.8, 4) is 17.9 Å². The van der Waals surface area contributed by atoms with Gasteiger partial charge in [0.2, 0.25) is 10.8 Å². The molecule has 1 aromatic rings. The van der Waals surface area contributed by atoms with Gasteiger partial charge in [-0.3, -0.25) is 5.73 Å². The number of amidine groups is 1. The summed E-state index contributed by atoms with van der Waals surface area (Å²) >= 11 is 0. The van der Waals surface area contributed by atoms with Crippen LogP contribution in [0.3, 0.4) is 0 Å². The molecular weight excluding hydrogens is 370 g/mol. The van der Waals surface area contributed by atoms with E-state index in [1.807, 2.05) is 24.3 Å². The Morgan fingerprint density at radius 3 is 2.34 bits per heavy atom. The predicted octanol–water partition coefficient (Wildman–Crippen LogP) is -0.831. The van der Waals surface area contributed by atoms with Crippen LogP contribution in [0.25, 0.3) is 0 Å². The molecule has 2 heterocycles. The van der Waals surface area contributed by atoms with E-state index in [2.05, 4.69) is 22.4 Å². The number of fused-ring (bicyclic) bond motifs is 2. The number of methoxy groups -OCH3 is 3. The molecule has 1 aromatic carbocycles. The summed E-state index contributed by atoms with van der Waals surface area (Å²) in [5.41, 5.74) is 6.50. The third-order valence-electron chi connectivity index (χ3n) is 6.75. The normalized spacial score (nSPS) is 32.0. The summed E-state index contributed by atoms with van der Waals surface area (Å²) in [6.45, 7) is 0. The van der Waals surface area contributed by atoms with Crippen LogP contribution in [0.2, 0.25) is 0 Å². The fourth-order valence-corrected chi connectivity index (χ4v) is 5.47. The van der Waals surface area contributed by atoms with E-state index in [-0.39, 0.29) is 5.84 Å². The number of quaternary nitrogens is 1. The smallest absolute Gasteiger partial charge is 0.346 e. The average Bonchev–Trinajstić information content (AvgIpc) is 3.32. The van der Waals surface area contributed by atoms with E-state index in [9.17, 15) is 10.5 Å². The number of ether oxygens (including phenoxy) is 3. The van der Waals surface area contributed by atoms with Gasteiger partial charge in [-0.25, -0.2) is 4.99 Å². The number of nitriles is 2. The van der Waals surface area contributed by atoms with Crippen molar-refractivity contribution in [2.75, 3.05) is 21.3 Å². The lowest BCUT2D eigenvalue weighted by molar-refractivity contribution is -0.699. The molecule has 8 nitrogen and oxygen atoms in total. The summed E-state index contributed by atoms with van der Waals surface area (Å²) in [6.07, 6.45) is 2.45. The van der Waals surface area contributed by atoms with Gasteiger partial charge >= 0.3 is 5.91 Å². The number of rotatable bonds is 4. The van der Waals surface area contributed by atoms with Crippen molar-refractivity contribution in [3.63, 3.8) is 0 Å². The molecular formula is C21H25N5O3+2. The first-order valence-corrected chi connectivity index (χ1v) is 9.55. The molecule has 0 amide bonds. The van der Waals surface area contributed by atoms with Crippen LogP contribution in [-0.2, 0) is 9.47 Å². The van der Waals surface area contributed by atoms with Crippen LogP contribution in [0.1, 0.15) is 30.9 Å². The predicted molar refractivity (Wildman–Crippen MR) is 102 cm³/mol. The highest BCUT2D eigenvalue weighted by Gasteiger charge is 2.84. The number of allylic oxidation sites excluding steroid dienone is 1. The molecule has 0 saturated heterocycles. The third-order valence-corrected chi connectivity index (χ3v) is 6.75. The zero-order valence-electron chi connectivity index (χ0n) is 16.8. The van der Waals surface area contributed by atoms with Crippen LogP contribution in [0.5, 0.6) is 5.75 Å². The first-order valence-electron chi connectivity index (χ1n) is 9.55. The van der Waals surface area contributed by atoms with Crippen LogP contribution >= 0.6 is 0 Å². The van der Waals surface area contributed by atoms with E-state index in [1.165, 1.54) is 14.2 Å². The van der Waals surface area contributed by atoms with Crippen LogP contribution in [0.4, 0.5) is 0 Å². The highest BCUT2D eigenvalue weighted by Crippen LogP contribution is 2.61. The van der Waals surface area contributed by atoms with E-state index in [1.54, 1.807) is 7.11 Å². The van der Waals surface area contributed by atoms with Crippen LogP contribution < -0.4 is 20.8 Å². The number of nitrogens with one attached hydrogen (secondary N) is 1. The summed E-state index contributed by atoms with van der Waals surface area (Å²) < 4.78 is 16.8. The highest BCUT2D eigenvalue weighted by atomic mass is 16.7. The number of hydrogen-bond acceptors (Lipinski definition) is 6. The Morgan fingerprint density at radius 2 is 1.79 bits per heavy atom. The van der Waals surface area contributed by atoms with Gasteiger partial charge in [0.05, 0.1) is 19.2 Å².